The Bertz CT molecular complexity index is 3880. The number of ether oxygens (including phenoxy) is 13. The van der Waals surface area contributed by atoms with Crippen molar-refractivity contribution in [1.29, 1.82) is 5.26 Å². The number of nitrogens with one attached hydrogen (secondary N) is 2. The van der Waals surface area contributed by atoms with Crippen molar-refractivity contribution in [3.8, 4) is 29.1 Å². The minimum Gasteiger partial charge on any atom is -0.497 e. The maximum absolute atomic E-state index is 12.5. The van der Waals surface area contributed by atoms with Crippen LogP contribution in [0.3, 0.4) is 0 Å². The lowest BCUT2D eigenvalue weighted by Crippen LogP contribution is -2.39. The molecule has 5 fully saturated rings. The van der Waals surface area contributed by atoms with Crippen molar-refractivity contribution >= 4 is 115 Å². The Hall–Kier alpha value is -11.4. The van der Waals surface area contributed by atoms with E-state index in [2.05, 4.69) is 66.3 Å². The molecule has 4 aromatic carbocycles. The van der Waals surface area contributed by atoms with Gasteiger partial charge in [0.2, 0.25) is 42.0 Å². The molecule has 4 aromatic rings. The predicted molar refractivity (Wildman–Crippen MR) is 465 cm³/mol. The molecule has 34 nitrogen and oxygen atoms in total. The Morgan fingerprint density at radius 2 is 0.736 bits per heavy atom. The smallest absolute Gasteiger partial charge is 0.328 e. The number of benzene rings is 4. The molecule has 0 aliphatic carbocycles. The van der Waals surface area contributed by atoms with Gasteiger partial charge in [0, 0.05) is 57.7 Å². The number of esters is 9. The van der Waals surface area contributed by atoms with E-state index in [1.54, 1.807) is 133 Å². The van der Waals surface area contributed by atoms with Crippen molar-refractivity contribution in [1.82, 2.24) is 25.3 Å². The third-order valence-corrected chi connectivity index (χ3v) is 20.0. The summed E-state index contributed by atoms with van der Waals surface area (Å²) in [5.41, 5.74) is 0.233. The first-order chi connectivity index (χ1) is 59.5. The van der Waals surface area contributed by atoms with E-state index in [-0.39, 0.29) is 68.9 Å². The Morgan fingerprint density at radius 3 is 0.976 bits per heavy atom. The third kappa shape index (κ3) is 37.1. The lowest BCUT2D eigenvalue weighted by atomic mass is 9.89. The molecule has 5 atom stereocenters. The molecule has 0 radical (unpaired) electrons. The van der Waals surface area contributed by atoms with Crippen LogP contribution >= 0.6 is 31.9 Å². The number of likely N-dealkylation sites (tertiary alicyclic amines) is 3. The number of hydrogen-bond donors (Lipinski definition) is 2. The number of halogens is 2. The normalized spacial score (nSPS) is 18.3. The van der Waals surface area contributed by atoms with E-state index in [1.807, 2.05) is 103 Å². The Labute approximate surface area is 749 Å². The van der Waals surface area contributed by atoms with Gasteiger partial charge in [-0.1, -0.05) is 80.4 Å². The van der Waals surface area contributed by atoms with Crippen LogP contribution in [0.1, 0.15) is 151 Å². The molecule has 0 saturated carbocycles. The SMILES string of the molecule is CCOC(=O)C1(C)CCN(Cc2ccc(OC)cc2)C1=O.CCOC(=O)C1(C)CCNC1=O.CCOC(=O)C1CCNC1=O.CCOC(=O)CC(=O)OCC.CCOC(=O)[C@@]1(C)CCN(Cc2ccc(OC)cc2)C1=O.CCOC(=O)[C@]1(C)CCN(Cc2ccc(OC)cc2)C1=O.COc1ccc(CBr)cc1.N#CCBr.[C-]#[N+]CC(C(=O)OCC)C(=O)OCC. The number of nitrogens with zero attached hydrogens (tertiary/aromatic N) is 5. The molecular formula is C89H123Br2N7O27. The van der Waals surface area contributed by atoms with Crippen LogP contribution in [-0.4, -0.2) is 230 Å². The van der Waals surface area contributed by atoms with E-state index in [0.717, 1.165) is 45.0 Å². The Kier molecular flexibility index (Phi) is 53.8. The topological polar surface area (TPSA) is 421 Å². The first-order valence-electron chi connectivity index (χ1n) is 40.8. The molecule has 3 unspecified atom stereocenters. The second-order valence-corrected chi connectivity index (χ2v) is 29.2. The zero-order valence-electron chi connectivity index (χ0n) is 74.8. The van der Waals surface area contributed by atoms with Crippen LogP contribution in [0.2, 0.25) is 0 Å². The number of alkyl halides is 2. The highest BCUT2D eigenvalue weighted by atomic mass is 79.9. The number of amides is 5. The molecule has 125 heavy (non-hydrogen) atoms. The molecule has 5 aliphatic heterocycles. The quantitative estimate of drug-likeness (QED) is 0.0161. The summed E-state index contributed by atoms with van der Waals surface area (Å²) >= 11 is 6.25. The monoisotopic (exact) mass is 1880 g/mol. The molecule has 36 heteroatoms. The van der Waals surface area contributed by atoms with Crippen LogP contribution in [0.4, 0.5) is 0 Å². The van der Waals surface area contributed by atoms with Crippen molar-refractivity contribution in [2.75, 3.05) is 132 Å². The summed E-state index contributed by atoms with van der Waals surface area (Å²) in [6.07, 6.45) is 2.31. The van der Waals surface area contributed by atoms with Crippen LogP contribution in [0, 0.1) is 51.4 Å². The van der Waals surface area contributed by atoms with Gasteiger partial charge in [0.05, 0.1) is 99.3 Å². The predicted octanol–water partition coefficient (Wildman–Crippen LogP) is 10.4. The fourth-order valence-corrected chi connectivity index (χ4v) is 12.2. The standard InChI is InChI=1S/3C16H21NO4.C9H13NO4.C8H9BrO.C8H13NO3.C7H11NO3.C7H12O4.C2H2BrN/c3*1-4-21-15(19)16(2)9-10-17(14(16)18)11-12-5-7-13(20-3)8-6-12;1-4-13-8(11)7(6-10-3)9(12)14-5-2;1-10-8-4-2-7(6-9)3-5-8;1-3-12-7(11)8(2)4-5-9-6(8)10;1-2-11-7(10)5-3-4-8-6(5)9;1-3-10-6(8)5-7(9)11-4-2;3-1-2-4/h3*5-8H,4,9-11H2,1-3H3;7H,4-6H2,1-2H3;2-5H,6H2,1H3;3-5H2,1-2H3,(H,9,10);5H,2-4H2,1H3,(H,8,9);3-5H2,1-2H3;1H2/t2*16-;;;;;;;/m10......./s1. The average molecular weight is 1880 g/mol. The summed E-state index contributed by atoms with van der Waals surface area (Å²) < 4.78 is 63.2. The van der Waals surface area contributed by atoms with Gasteiger partial charge >= 0.3 is 53.7 Å². The Balaban J connectivity index is 0.000000721. The molecule has 5 saturated heterocycles. The van der Waals surface area contributed by atoms with E-state index < -0.39 is 87.2 Å². The van der Waals surface area contributed by atoms with E-state index in [0.29, 0.717) is 123 Å². The van der Waals surface area contributed by atoms with E-state index in [1.165, 1.54) is 5.56 Å². The van der Waals surface area contributed by atoms with E-state index in [9.17, 15) is 67.1 Å². The lowest BCUT2D eigenvalue weighted by Gasteiger charge is -2.21. The molecule has 5 heterocycles. The lowest BCUT2D eigenvalue weighted by molar-refractivity contribution is -0.162. The maximum Gasteiger partial charge on any atom is 0.328 e. The highest BCUT2D eigenvalue weighted by Crippen LogP contribution is 2.37. The minimum absolute atomic E-state index is 0.156. The fraction of sp³-hybridized carbons (Fsp3) is 0.551. The highest BCUT2D eigenvalue weighted by Gasteiger charge is 2.52. The number of hydrogen-bond acceptors (Lipinski definition) is 28. The molecule has 2 N–H and O–H groups in total. The second-order valence-electron chi connectivity index (χ2n) is 28.0. The van der Waals surface area contributed by atoms with Crippen molar-refractivity contribution in [3.63, 3.8) is 0 Å². The average Bonchev–Trinajstić information content (AvgIpc) is 1.65. The summed E-state index contributed by atoms with van der Waals surface area (Å²) in [7, 11) is 6.51. The third-order valence-electron chi connectivity index (χ3n) is 19.1. The molecule has 5 amide bonds. The molecular weight excluding hydrogens is 1760 g/mol. The first-order valence-corrected chi connectivity index (χ1v) is 43.1. The highest BCUT2D eigenvalue weighted by molar-refractivity contribution is 9.09. The van der Waals surface area contributed by atoms with Gasteiger partial charge in [0.15, 0.2) is 0 Å². The van der Waals surface area contributed by atoms with Crippen molar-refractivity contribution in [3.05, 3.63) is 131 Å². The van der Waals surface area contributed by atoms with Gasteiger partial charge < -0.3 is 91.8 Å². The summed E-state index contributed by atoms with van der Waals surface area (Å²) in [4.78, 5) is 169. The van der Waals surface area contributed by atoms with Gasteiger partial charge in [-0.15, -0.1) is 0 Å². The van der Waals surface area contributed by atoms with E-state index >= 15 is 0 Å². The van der Waals surface area contributed by atoms with Gasteiger partial charge in [-0.2, -0.15) is 5.26 Å². The Morgan fingerprint density at radius 1 is 0.440 bits per heavy atom. The van der Waals surface area contributed by atoms with Gasteiger partial charge in [-0.05, 0) is 193 Å². The summed E-state index contributed by atoms with van der Waals surface area (Å²) in [5, 5.41) is 14.1. The molecule has 5 aliphatic rings. The van der Waals surface area contributed by atoms with Crippen LogP contribution in [0.5, 0.6) is 23.0 Å². The van der Waals surface area contributed by atoms with Crippen LogP contribution in [-0.2, 0) is 135 Å². The number of carbonyl (C=O) groups excluding carboxylic acids is 14. The number of rotatable bonds is 30. The minimum atomic E-state index is -1.10. The van der Waals surface area contributed by atoms with Gasteiger partial charge in [-0.25, -0.2) is 6.57 Å². The van der Waals surface area contributed by atoms with Crippen LogP contribution in [0.15, 0.2) is 97.1 Å². The number of methoxy groups -OCH3 is 4. The van der Waals surface area contributed by atoms with E-state index in [4.69, 9.17) is 54.5 Å². The maximum atomic E-state index is 12.5. The zero-order chi connectivity index (χ0) is 94.3. The summed E-state index contributed by atoms with van der Waals surface area (Å²) in [6, 6.07) is 32.5. The molecule has 9 rings (SSSR count). The van der Waals surface area contributed by atoms with Gasteiger partial charge in [0.25, 0.3) is 0 Å². The number of nitriles is 1. The summed E-state index contributed by atoms with van der Waals surface area (Å²) in [5.74, 6) is -3.86. The van der Waals surface area contributed by atoms with Crippen molar-refractivity contribution in [2.24, 2.45) is 33.5 Å². The van der Waals surface area contributed by atoms with Gasteiger partial charge in [-0.3, -0.25) is 67.1 Å². The van der Waals surface area contributed by atoms with Crippen molar-refractivity contribution < 1.29 is 129 Å². The van der Waals surface area contributed by atoms with Crippen molar-refractivity contribution in [2.45, 2.75) is 153 Å². The molecule has 690 valence electrons. The largest absolute Gasteiger partial charge is 0.497 e. The second kappa shape index (κ2) is 60.2. The van der Waals surface area contributed by atoms with Crippen LogP contribution < -0.4 is 29.6 Å². The zero-order valence-corrected chi connectivity index (χ0v) is 78.0. The summed E-state index contributed by atoms with van der Waals surface area (Å²) in [6.45, 7) is 35.2. The first kappa shape index (κ1) is 112. The molecule has 0 bridgehead atoms. The van der Waals surface area contributed by atoms with Gasteiger partial charge in [0.1, 0.15) is 57.0 Å². The fourth-order valence-electron chi connectivity index (χ4n) is 11.9. The molecule has 0 spiro atoms. The molecule has 0 aromatic heterocycles. The van der Waals surface area contributed by atoms with Crippen LogP contribution in [0.25, 0.3) is 4.85 Å². The number of carbonyl (C=O) groups is 14.